The summed E-state index contributed by atoms with van der Waals surface area (Å²) in [5.74, 6) is -2.69. The predicted molar refractivity (Wildman–Crippen MR) is 79.9 cm³/mol. The number of hydrogen-bond donors (Lipinski definition) is 3. The lowest BCUT2D eigenvalue weighted by molar-refractivity contribution is -0.161. The fourth-order valence-electron chi connectivity index (χ4n) is 3.36. The molecule has 23 heavy (non-hydrogen) atoms. The molecule has 0 spiro atoms. The number of amides is 2. The second-order valence-corrected chi connectivity index (χ2v) is 5.82. The van der Waals surface area contributed by atoms with Gasteiger partial charge in [-0.25, -0.2) is 4.79 Å². The first-order valence-electron chi connectivity index (χ1n) is 7.20. The average molecular weight is 316 g/mol. The predicted octanol–water partition coefficient (Wildman–Crippen LogP) is 0.193. The Morgan fingerprint density at radius 3 is 2.39 bits per heavy atom. The van der Waals surface area contributed by atoms with E-state index in [2.05, 4.69) is 0 Å². The maximum atomic E-state index is 12.1. The molecule has 2 aliphatic rings. The molecule has 0 aliphatic carbocycles. The highest BCUT2D eigenvalue weighted by Gasteiger charge is 2.56. The van der Waals surface area contributed by atoms with Crippen LogP contribution in [0, 0.1) is 5.92 Å². The van der Waals surface area contributed by atoms with E-state index in [1.165, 1.54) is 24.0 Å². The van der Waals surface area contributed by atoms with Gasteiger partial charge in [0.05, 0.1) is 18.1 Å². The van der Waals surface area contributed by atoms with Crippen molar-refractivity contribution in [2.24, 2.45) is 11.7 Å². The number of primary amides is 1. The summed E-state index contributed by atoms with van der Waals surface area (Å²) < 4.78 is 0. The molecule has 1 fully saturated rings. The number of carboxylic acid groups (broad SMARTS) is 1. The second kappa shape index (κ2) is 5.20. The first-order chi connectivity index (χ1) is 10.8. The minimum absolute atomic E-state index is 0.0521. The van der Waals surface area contributed by atoms with E-state index in [1.54, 1.807) is 12.1 Å². The van der Waals surface area contributed by atoms with Crippen LogP contribution in [0.4, 0.5) is 0 Å². The molecule has 2 aliphatic heterocycles. The molecule has 0 saturated carbocycles. The zero-order chi connectivity index (χ0) is 16.9. The van der Waals surface area contributed by atoms with Gasteiger partial charge >= 0.3 is 5.97 Å². The van der Waals surface area contributed by atoms with Crippen molar-refractivity contribution in [3.63, 3.8) is 0 Å². The fraction of sp³-hybridized carbons (Fsp3) is 0.312. The summed E-state index contributed by atoms with van der Waals surface area (Å²) in [5, 5.41) is 19.2. The Kier molecular flexibility index (Phi) is 3.45. The minimum atomic E-state index is -1.18. The highest BCUT2D eigenvalue weighted by atomic mass is 16.4. The molecule has 2 amide bonds. The Labute approximate surface area is 132 Å². The highest BCUT2D eigenvalue weighted by molar-refractivity contribution is 6.06. The molecule has 0 radical (unpaired) electrons. The smallest absolute Gasteiger partial charge is 0.352 e. The Morgan fingerprint density at radius 2 is 1.91 bits per heavy atom. The number of carboxylic acids is 1. The van der Waals surface area contributed by atoms with E-state index in [1.807, 2.05) is 0 Å². The van der Waals surface area contributed by atoms with E-state index in [4.69, 9.17) is 5.73 Å². The van der Waals surface area contributed by atoms with Crippen molar-refractivity contribution in [3.8, 4) is 0 Å². The topological polar surface area (TPSA) is 121 Å². The van der Waals surface area contributed by atoms with Crippen LogP contribution < -0.4 is 5.73 Å². The number of aliphatic carboxylic acids is 1. The van der Waals surface area contributed by atoms with Crippen LogP contribution >= 0.6 is 0 Å². The normalized spacial score (nSPS) is 24.3. The van der Waals surface area contributed by atoms with Crippen LogP contribution in [0.2, 0.25) is 0 Å². The monoisotopic (exact) mass is 316 g/mol. The minimum Gasteiger partial charge on any atom is -0.477 e. The van der Waals surface area contributed by atoms with Crippen molar-refractivity contribution < 1.29 is 24.6 Å². The van der Waals surface area contributed by atoms with Gasteiger partial charge in [-0.1, -0.05) is 12.1 Å². The SMILES string of the molecule is CC(O)C1C(=O)N2C(C(=O)O)=C(c3ccc(C(N)=O)cc3)CC12. The van der Waals surface area contributed by atoms with Crippen molar-refractivity contribution in [2.45, 2.75) is 25.5 Å². The van der Waals surface area contributed by atoms with Gasteiger partial charge in [0.1, 0.15) is 5.70 Å². The van der Waals surface area contributed by atoms with Crippen molar-refractivity contribution in [1.82, 2.24) is 4.90 Å². The summed E-state index contributed by atoms with van der Waals surface area (Å²) in [6, 6.07) is 5.94. The lowest BCUT2D eigenvalue weighted by Gasteiger charge is -2.44. The molecule has 3 unspecified atom stereocenters. The number of β-lactam (4-membered cyclic amide) rings is 1. The number of carbonyl (C=O) groups is 3. The van der Waals surface area contributed by atoms with Crippen molar-refractivity contribution in [3.05, 3.63) is 41.1 Å². The number of benzene rings is 1. The lowest BCUT2D eigenvalue weighted by Crippen LogP contribution is -2.61. The van der Waals surface area contributed by atoms with Crippen LogP contribution in [0.25, 0.3) is 5.57 Å². The first-order valence-corrected chi connectivity index (χ1v) is 7.20. The van der Waals surface area contributed by atoms with Gasteiger partial charge < -0.3 is 20.8 Å². The molecule has 0 bridgehead atoms. The van der Waals surface area contributed by atoms with Crippen LogP contribution in [0.15, 0.2) is 30.0 Å². The zero-order valence-corrected chi connectivity index (χ0v) is 12.4. The van der Waals surface area contributed by atoms with Crippen molar-refractivity contribution >= 4 is 23.4 Å². The molecule has 4 N–H and O–H groups in total. The van der Waals surface area contributed by atoms with Gasteiger partial charge in [0.15, 0.2) is 0 Å². The maximum absolute atomic E-state index is 12.1. The third-order valence-corrected chi connectivity index (χ3v) is 4.45. The van der Waals surface area contributed by atoms with E-state index < -0.39 is 23.9 Å². The molecule has 7 heteroatoms. The van der Waals surface area contributed by atoms with Gasteiger partial charge in [0.25, 0.3) is 0 Å². The van der Waals surface area contributed by atoms with Gasteiger partial charge in [-0.05, 0) is 36.6 Å². The highest BCUT2D eigenvalue weighted by Crippen LogP contribution is 2.46. The van der Waals surface area contributed by atoms with Gasteiger partial charge in [-0.3, -0.25) is 9.59 Å². The van der Waals surface area contributed by atoms with Crippen LogP contribution in [0.3, 0.4) is 0 Å². The zero-order valence-electron chi connectivity index (χ0n) is 12.4. The van der Waals surface area contributed by atoms with Gasteiger partial charge in [-0.2, -0.15) is 0 Å². The molecule has 3 atom stereocenters. The fourth-order valence-corrected chi connectivity index (χ4v) is 3.36. The molecule has 120 valence electrons. The largest absolute Gasteiger partial charge is 0.477 e. The molecule has 2 heterocycles. The number of nitrogens with zero attached hydrogens (tertiary/aromatic N) is 1. The molecule has 1 saturated heterocycles. The Morgan fingerprint density at radius 1 is 1.30 bits per heavy atom. The molecular formula is C16H16N2O5. The quantitative estimate of drug-likeness (QED) is 0.685. The number of aliphatic hydroxyl groups is 1. The summed E-state index contributed by atoms with van der Waals surface area (Å²) in [7, 11) is 0. The first kappa shape index (κ1) is 15.2. The van der Waals surface area contributed by atoms with E-state index in [0.717, 1.165) is 0 Å². The Hall–Kier alpha value is -2.67. The van der Waals surface area contributed by atoms with E-state index in [-0.39, 0.29) is 17.6 Å². The summed E-state index contributed by atoms with van der Waals surface area (Å²) in [5.41, 5.74) is 6.61. The maximum Gasteiger partial charge on any atom is 0.352 e. The van der Waals surface area contributed by atoms with Crippen LogP contribution in [0.5, 0.6) is 0 Å². The van der Waals surface area contributed by atoms with Crippen LogP contribution in [-0.2, 0) is 9.59 Å². The van der Waals surface area contributed by atoms with Gasteiger partial charge in [-0.15, -0.1) is 0 Å². The van der Waals surface area contributed by atoms with Crippen molar-refractivity contribution in [1.29, 1.82) is 0 Å². The number of fused-ring (bicyclic) bond motifs is 1. The third-order valence-electron chi connectivity index (χ3n) is 4.45. The van der Waals surface area contributed by atoms with Crippen LogP contribution in [0.1, 0.15) is 29.3 Å². The van der Waals surface area contributed by atoms with Crippen molar-refractivity contribution in [2.75, 3.05) is 0 Å². The van der Waals surface area contributed by atoms with Gasteiger partial charge in [0, 0.05) is 5.56 Å². The molecule has 1 aromatic carbocycles. The Balaban J connectivity index is 1.99. The van der Waals surface area contributed by atoms with Crippen LogP contribution in [-0.4, -0.2) is 45.0 Å². The number of rotatable bonds is 4. The summed E-state index contributed by atoms with van der Waals surface area (Å²) in [6.07, 6.45) is -0.464. The lowest BCUT2D eigenvalue weighted by atomic mass is 9.82. The van der Waals surface area contributed by atoms with E-state index in [9.17, 15) is 24.6 Å². The summed E-state index contributed by atoms with van der Waals surface area (Å²) in [6.45, 7) is 1.53. The third kappa shape index (κ3) is 2.20. The molecule has 7 nitrogen and oxygen atoms in total. The number of hydrogen-bond acceptors (Lipinski definition) is 4. The molecule has 3 rings (SSSR count). The number of nitrogens with two attached hydrogens (primary N) is 1. The summed E-state index contributed by atoms with van der Waals surface area (Å²) >= 11 is 0. The molecule has 0 aromatic heterocycles. The Bertz CT molecular complexity index is 735. The molecular weight excluding hydrogens is 300 g/mol. The van der Waals surface area contributed by atoms with E-state index in [0.29, 0.717) is 23.1 Å². The van der Waals surface area contributed by atoms with E-state index >= 15 is 0 Å². The molecule has 1 aromatic rings. The van der Waals surface area contributed by atoms with Gasteiger partial charge in [0.2, 0.25) is 11.8 Å². The number of carbonyl (C=O) groups excluding carboxylic acids is 2. The standard InChI is InChI=1S/C16H16N2O5/c1-7(19)12-11-6-10(13(16(22)23)18(11)15(12)21)8-2-4-9(5-3-8)14(17)20/h2-5,7,11-12,19H,6H2,1H3,(H2,17,20)(H,22,23). The average Bonchev–Trinajstić information content (AvgIpc) is 2.82. The number of aliphatic hydroxyl groups excluding tert-OH is 1. The summed E-state index contributed by atoms with van der Waals surface area (Å²) in [4.78, 5) is 36.1. The second-order valence-electron chi connectivity index (χ2n) is 5.82.